The summed E-state index contributed by atoms with van der Waals surface area (Å²) in [5.41, 5.74) is 6.40. The Hall–Kier alpha value is -2.99. The van der Waals surface area contributed by atoms with Crippen molar-refractivity contribution in [2.45, 2.75) is 43.4 Å². The highest BCUT2D eigenvalue weighted by atomic mass is 32.2. The molecule has 4 N–H and O–H groups in total. The number of fused-ring (bicyclic) bond motifs is 2. The van der Waals surface area contributed by atoms with E-state index in [2.05, 4.69) is 19.9 Å². The SMILES string of the molecule is CNS(=O)(=O)c1ccc2c(c1)/C(=C/c1[nH]c3c(c1CCCN1CCN(C(=O)CO)CC1)CCCC3)C(=O)N2. The van der Waals surface area contributed by atoms with Gasteiger partial charge in [0.1, 0.15) is 6.61 Å². The predicted octanol–water partition coefficient (Wildman–Crippen LogP) is 1.36. The Morgan fingerprint density at radius 1 is 1.16 bits per heavy atom. The standard InChI is InChI=1S/C27H35N5O5S/c1-28-38(36,37)18-8-9-24-21(15-18)22(27(35)30-24)16-25-20(19-5-2-3-7-23(19)29-25)6-4-10-31-11-13-32(14-12-31)26(34)17-33/h8-9,15-16,28-29,33H,2-7,10-14,17H2,1H3,(H,30,35)/b22-16-. The van der Waals surface area contributed by atoms with Crippen LogP contribution in [-0.4, -0.2) is 86.5 Å². The van der Waals surface area contributed by atoms with Crippen LogP contribution in [-0.2, 0) is 38.9 Å². The van der Waals surface area contributed by atoms with Crippen LogP contribution < -0.4 is 10.0 Å². The molecule has 1 aromatic heterocycles. The van der Waals surface area contributed by atoms with Crippen LogP contribution in [0.15, 0.2) is 23.1 Å². The number of benzene rings is 1. The summed E-state index contributed by atoms with van der Waals surface area (Å²) in [5, 5.41) is 11.9. The fraction of sp³-hybridized carbons (Fsp3) is 0.481. The number of aromatic amines is 1. The quantitative estimate of drug-likeness (QED) is 0.373. The zero-order valence-electron chi connectivity index (χ0n) is 21.7. The lowest BCUT2D eigenvalue weighted by atomic mass is 9.92. The number of nitrogens with zero attached hydrogens (tertiary/aromatic N) is 2. The highest BCUT2D eigenvalue weighted by Gasteiger charge is 2.28. The average molecular weight is 542 g/mol. The van der Waals surface area contributed by atoms with Crippen molar-refractivity contribution in [1.82, 2.24) is 19.5 Å². The Balaban J connectivity index is 1.37. The topological polar surface area (TPSA) is 135 Å². The number of aliphatic hydroxyl groups is 1. The molecule has 2 aromatic rings. The number of aryl methyl sites for hydroxylation is 1. The largest absolute Gasteiger partial charge is 0.387 e. The van der Waals surface area contributed by atoms with Crippen LogP contribution >= 0.6 is 0 Å². The molecular weight excluding hydrogens is 506 g/mol. The zero-order valence-corrected chi connectivity index (χ0v) is 22.5. The summed E-state index contributed by atoms with van der Waals surface area (Å²) in [5.74, 6) is -0.456. The average Bonchev–Trinajstić information content (AvgIpc) is 3.44. The van der Waals surface area contributed by atoms with Gasteiger partial charge in [-0.1, -0.05) is 0 Å². The first kappa shape index (κ1) is 26.6. The van der Waals surface area contributed by atoms with Gasteiger partial charge in [-0.25, -0.2) is 13.1 Å². The molecule has 11 heteroatoms. The van der Waals surface area contributed by atoms with Gasteiger partial charge in [0.05, 0.1) is 10.5 Å². The molecule has 1 aromatic carbocycles. The summed E-state index contributed by atoms with van der Waals surface area (Å²) in [6.07, 6.45) is 7.96. The third kappa shape index (κ3) is 5.28. The van der Waals surface area contributed by atoms with Crippen LogP contribution in [0.3, 0.4) is 0 Å². The van der Waals surface area contributed by atoms with Crippen molar-refractivity contribution in [3.8, 4) is 0 Å². The number of H-pyrrole nitrogens is 1. The molecule has 5 rings (SSSR count). The highest BCUT2D eigenvalue weighted by Crippen LogP contribution is 2.37. The van der Waals surface area contributed by atoms with Crippen molar-refractivity contribution < 1.29 is 23.1 Å². The van der Waals surface area contributed by atoms with Gasteiger partial charge in [0.15, 0.2) is 0 Å². The van der Waals surface area contributed by atoms with Crippen molar-refractivity contribution in [2.24, 2.45) is 0 Å². The number of anilines is 1. The fourth-order valence-corrected chi connectivity index (χ4v) is 6.48. The summed E-state index contributed by atoms with van der Waals surface area (Å²) in [6.45, 7) is 3.33. The number of sulfonamides is 1. The monoisotopic (exact) mass is 541 g/mol. The lowest BCUT2D eigenvalue weighted by Crippen LogP contribution is -2.49. The number of carbonyl (C=O) groups is 2. The van der Waals surface area contributed by atoms with E-state index in [-0.39, 0.29) is 16.7 Å². The van der Waals surface area contributed by atoms with Gasteiger partial charge in [0, 0.05) is 48.8 Å². The lowest BCUT2D eigenvalue weighted by Gasteiger charge is -2.34. The summed E-state index contributed by atoms with van der Waals surface area (Å²) in [7, 11) is -2.27. The number of hydrogen-bond donors (Lipinski definition) is 4. The first-order valence-electron chi connectivity index (χ1n) is 13.3. The summed E-state index contributed by atoms with van der Waals surface area (Å²) < 4.78 is 27.1. The van der Waals surface area contributed by atoms with Crippen LogP contribution in [0.5, 0.6) is 0 Å². The highest BCUT2D eigenvalue weighted by molar-refractivity contribution is 7.89. The minimum Gasteiger partial charge on any atom is -0.387 e. The molecule has 3 heterocycles. The van der Waals surface area contributed by atoms with Gasteiger partial charge in [-0.05, 0) is 87.5 Å². The molecule has 3 aliphatic rings. The second kappa shape index (κ2) is 11.0. The first-order valence-corrected chi connectivity index (χ1v) is 14.7. The maximum Gasteiger partial charge on any atom is 0.256 e. The molecule has 0 spiro atoms. The molecule has 38 heavy (non-hydrogen) atoms. The zero-order chi connectivity index (χ0) is 26.9. The van der Waals surface area contributed by atoms with E-state index in [9.17, 15) is 18.0 Å². The Bertz CT molecular complexity index is 1370. The van der Waals surface area contributed by atoms with Gasteiger partial charge in [0.25, 0.3) is 5.91 Å². The summed E-state index contributed by atoms with van der Waals surface area (Å²) >= 11 is 0. The van der Waals surface area contributed by atoms with Crippen LogP contribution in [0.4, 0.5) is 5.69 Å². The second-order valence-electron chi connectivity index (χ2n) is 10.1. The molecule has 1 fully saturated rings. The minimum absolute atomic E-state index is 0.118. The van der Waals surface area contributed by atoms with E-state index in [1.807, 2.05) is 6.08 Å². The molecule has 1 aliphatic carbocycles. The molecule has 0 radical (unpaired) electrons. The third-order valence-corrected chi connectivity index (χ3v) is 9.26. The molecule has 0 saturated carbocycles. The van der Waals surface area contributed by atoms with Crippen LogP contribution in [0.25, 0.3) is 11.6 Å². The van der Waals surface area contributed by atoms with E-state index >= 15 is 0 Å². The molecule has 0 bridgehead atoms. The second-order valence-corrected chi connectivity index (χ2v) is 12.0. The number of aromatic nitrogens is 1. The molecule has 10 nitrogen and oxygen atoms in total. The van der Waals surface area contributed by atoms with Gasteiger partial charge < -0.3 is 20.3 Å². The van der Waals surface area contributed by atoms with Gasteiger partial charge in [0.2, 0.25) is 15.9 Å². The van der Waals surface area contributed by atoms with Gasteiger partial charge in [-0.15, -0.1) is 0 Å². The molecule has 1 saturated heterocycles. The molecule has 204 valence electrons. The molecular formula is C27H35N5O5S. The fourth-order valence-electron chi connectivity index (χ4n) is 5.73. The Morgan fingerprint density at radius 3 is 2.66 bits per heavy atom. The predicted molar refractivity (Wildman–Crippen MR) is 145 cm³/mol. The smallest absolute Gasteiger partial charge is 0.256 e. The van der Waals surface area contributed by atoms with Crippen molar-refractivity contribution in [3.05, 3.63) is 46.3 Å². The van der Waals surface area contributed by atoms with Crippen LogP contribution in [0.1, 0.15) is 47.3 Å². The van der Waals surface area contributed by atoms with E-state index in [1.54, 1.807) is 17.0 Å². The van der Waals surface area contributed by atoms with Gasteiger partial charge in [-0.2, -0.15) is 0 Å². The van der Waals surface area contributed by atoms with E-state index in [4.69, 9.17) is 5.11 Å². The summed E-state index contributed by atoms with van der Waals surface area (Å²) in [4.78, 5) is 32.4. The van der Waals surface area contributed by atoms with Gasteiger partial charge >= 0.3 is 0 Å². The van der Waals surface area contributed by atoms with E-state index in [0.717, 1.165) is 63.9 Å². The lowest BCUT2D eigenvalue weighted by molar-refractivity contribution is -0.135. The van der Waals surface area contributed by atoms with Crippen molar-refractivity contribution in [2.75, 3.05) is 51.7 Å². The number of amides is 2. The Labute approximate surface area is 223 Å². The third-order valence-electron chi connectivity index (χ3n) is 7.85. The van der Waals surface area contributed by atoms with Crippen molar-refractivity contribution in [1.29, 1.82) is 0 Å². The number of piperazine rings is 1. The number of aliphatic hydroxyl groups excluding tert-OH is 1. The minimum atomic E-state index is -3.64. The number of carbonyl (C=O) groups excluding carboxylic acids is 2. The number of nitrogens with one attached hydrogen (secondary N) is 3. The maximum absolute atomic E-state index is 12.9. The molecule has 2 aliphatic heterocycles. The maximum atomic E-state index is 12.9. The van der Waals surface area contributed by atoms with Crippen molar-refractivity contribution >= 4 is 39.2 Å². The molecule has 2 amide bonds. The van der Waals surface area contributed by atoms with E-state index < -0.39 is 16.6 Å². The Morgan fingerprint density at radius 2 is 1.92 bits per heavy atom. The van der Waals surface area contributed by atoms with Crippen LogP contribution in [0.2, 0.25) is 0 Å². The van der Waals surface area contributed by atoms with E-state index in [0.29, 0.717) is 29.9 Å². The molecule has 0 unspecified atom stereocenters. The van der Waals surface area contributed by atoms with Crippen LogP contribution in [0, 0.1) is 0 Å². The van der Waals surface area contributed by atoms with Crippen molar-refractivity contribution in [3.63, 3.8) is 0 Å². The first-order chi connectivity index (χ1) is 18.3. The van der Waals surface area contributed by atoms with E-state index in [1.165, 1.54) is 29.9 Å². The number of rotatable bonds is 8. The van der Waals surface area contributed by atoms with Gasteiger partial charge in [-0.3, -0.25) is 14.5 Å². The number of hydrogen-bond acceptors (Lipinski definition) is 6. The Kier molecular flexibility index (Phi) is 7.71. The molecule has 0 atom stereocenters. The summed E-state index contributed by atoms with van der Waals surface area (Å²) in [6, 6.07) is 4.67. The normalized spacial score (nSPS) is 18.9.